The number of imidazole rings is 1. The standard InChI is InChI=1S/C28H26N4O2/c29-27(15-28(33,16-27)21-10-11-21)20-8-6-18(7-9-20)24-25(19-4-2-1-3-5-19)32-17-34-23-14-30-13-12-22(23)26(32)31-24/h1-9,12-14,21,33H,10-11,15-17,29H2. The second-order valence-electron chi connectivity index (χ2n) is 10.0. The molecule has 7 rings (SSSR count). The Kier molecular flexibility index (Phi) is 4.11. The third kappa shape index (κ3) is 2.95. The minimum absolute atomic E-state index is 0.384. The third-order valence-electron chi connectivity index (χ3n) is 7.70. The van der Waals surface area contributed by atoms with Gasteiger partial charge in [0.05, 0.1) is 28.7 Å². The number of fused-ring (bicyclic) bond motifs is 3. The highest BCUT2D eigenvalue weighted by Crippen LogP contribution is 2.57. The van der Waals surface area contributed by atoms with E-state index < -0.39 is 11.1 Å². The first-order chi connectivity index (χ1) is 16.5. The lowest BCUT2D eigenvalue weighted by Gasteiger charge is -2.52. The average Bonchev–Trinajstić information content (AvgIpc) is 3.64. The molecule has 6 heteroatoms. The van der Waals surface area contributed by atoms with Gasteiger partial charge in [-0.15, -0.1) is 0 Å². The van der Waals surface area contributed by atoms with Crippen molar-refractivity contribution in [2.75, 3.05) is 0 Å². The Morgan fingerprint density at radius 1 is 0.971 bits per heavy atom. The molecule has 0 saturated heterocycles. The first kappa shape index (κ1) is 19.9. The van der Waals surface area contributed by atoms with Crippen LogP contribution in [0, 0.1) is 5.92 Å². The van der Waals surface area contributed by atoms with Gasteiger partial charge in [-0.2, -0.15) is 0 Å². The summed E-state index contributed by atoms with van der Waals surface area (Å²) in [6.45, 7) is 0.384. The number of nitrogens with zero attached hydrogens (tertiary/aromatic N) is 3. The van der Waals surface area contributed by atoms with E-state index in [0.29, 0.717) is 25.5 Å². The second-order valence-corrected chi connectivity index (χ2v) is 10.0. The molecule has 3 heterocycles. The molecule has 2 aromatic carbocycles. The molecule has 170 valence electrons. The van der Waals surface area contributed by atoms with Crippen LogP contribution in [-0.2, 0) is 12.3 Å². The molecule has 0 atom stereocenters. The molecular weight excluding hydrogens is 424 g/mol. The Bertz CT molecular complexity index is 1380. The van der Waals surface area contributed by atoms with Crippen molar-refractivity contribution in [3.8, 4) is 39.7 Å². The number of aliphatic hydroxyl groups is 1. The summed E-state index contributed by atoms with van der Waals surface area (Å²) >= 11 is 0. The second kappa shape index (κ2) is 7.01. The maximum Gasteiger partial charge on any atom is 0.167 e. The smallest absolute Gasteiger partial charge is 0.167 e. The van der Waals surface area contributed by atoms with Crippen molar-refractivity contribution in [2.45, 2.75) is 43.6 Å². The quantitative estimate of drug-likeness (QED) is 0.470. The zero-order valence-electron chi connectivity index (χ0n) is 18.8. The van der Waals surface area contributed by atoms with E-state index in [2.05, 4.69) is 45.9 Å². The van der Waals surface area contributed by atoms with Gasteiger partial charge < -0.3 is 15.6 Å². The van der Waals surface area contributed by atoms with Gasteiger partial charge >= 0.3 is 0 Å². The van der Waals surface area contributed by atoms with Gasteiger partial charge in [-0.1, -0.05) is 54.6 Å². The fourth-order valence-corrected chi connectivity index (χ4v) is 5.80. The van der Waals surface area contributed by atoms with Crippen LogP contribution in [0.3, 0.4) is 0 Å². The number of ether oxygens (including phenoxy) is 1. The Morgan fingerprint density at radius 2 is 1.74 bits per heavy atom. The summed E-state index contributed by atoms with van der Waals surface area (Å²) in [7, 11) is 0. The van der Waals surface area contributed by atoms with E-state index in [0.717, 1.165) is 58.1 Å². The highest BCUT2D eigenvalue weighted by Gasteiger charge is 2.58. The molecule has 34 heavy (non-hydrogen) atoms. The zero-order valence-corrected chi connectivity index (χ0v) is 18.8. The molecule has 2 aliphatic carbocycles. The maximum atomic E-state index is 10.8. The van der Waals surface area contributed by atoms with Crippen molar-refractivity contribution in [1.82, 2.24) is 14.5 Å². The van der Waals surface area contributed by atoms with Crippen molar-refractivity contribution < 1.29 is 9.84 Å². The first-order valence-electron chi connectivity index (χ1n) is 11.9. The summed E-state index contributed by atoms with van der Waals surface area (Å²) in [6.07, 6.45) is 7.04. The van der Waals surface area contributed by atoms with E-state index in [1.807, 2.05) is 24.3 Å². The van der Waals surface area contributed by atoms with Gasteiger partial charge in [0.15, 0.2) is 12.5 Å². The summed E-state index contributed by atoms with van der Waals surface area (Å²) in [5.74, 6) is 2.07. The van der Waals surface area contributed by atoms with Gasteiger partial charge in [-0.25, -0.2) is 4.98 Å². The summed E-state index contributed by atoms with van der Waals surface area (Å²) in [4.78, 5) is 9.30. The molecule has 0 unspecified atom stereocenters. The number of hydrogen-bond donors (Lipinski definition) is 2. The number of hydrogen-bond acceptors (Lipinski definition) is 5. The van der Waals surface area contributed by atoms with Gasteiger partial charge in [0, 0.05) is 22.9 Å². The highest BCUT2D eigenvalue weighted by molar-refractivity contribution is 5.83. The maximum absolute atomic E-state index is 10.8. The van der Waals surface area contributed by atoms with Crippen LogP contribution in [0.1, 0.15) is 31.2 Å². The van der Waals surface area contributed by atoms with Gasteiger partial charge in [0.1, 0.15) is 5.82 Å². The van der Waals surface area contributed by atoms with Crippen molar-refractivity contribution in [1.29, 1.82) is 0 Å². The SMILES string of the molecule is NC1(c2ccc(-c3nc4n(c3-c3ccccc3)COc3cnccc3-4)cc2)CC(O)(C2CC2)C1. The highest BCUT2D eigenvalue weighted by atomic mass is 16.5. The molecule has 2 fully saturated rings. The first-order valence-corrected chi connectivity index (χ1v) is 11.9. The fraction of sp³-hybridized carbons (Fsp3) is 0.286. The zero-order chi connectivity index (χ0) is 22.9. The van der Waals surface area contributed by atoms with E-state index in [1.165, 1.54) is 0 Å². The Morgan fingerprint density at radius 3 is 2.47 bits per heavy atom. The van der Waals surface area contributed by atoms with Gasteiger partial charge in [-0.3, -0.25) is 9.55 Å². The van der Waals surface area contributed by atoms with Crippen molar-refractivity contribution in [2.24, 2.45) is 11.7 Å². The summed E-state index contributed by atoms with van der Waals surface area (Å²) in [5.41, 5.74) is 11.8. The van der Waals surface area contributed by atoms with Gasteiger partial charge in [0.25, 0.3) is 0 Å². The van der Waals surface area contributed by atoms with E-state index >= 15 is 0 Å². The summed E-state index contributed by atoms with van der Waals surface area (Å²) in [6, 6.07) is 20.7. The van der Waals surface area contributed by atoms with Crippen LogP contribution in [0.2, 0.25) is 0 Å². The van der Waals surface area contributed by atoms with Gasteiger partial charge in [-0.05, 0) is 43.2 Å². The Labute approximate surface area is 198 Å². The fourth-order valence-electron chi connectivity index (χ4n) is 5.80. The van der Waals surface area contributed by atoms with E-state index in [9.17, 15) is 5.11 Å². The molecule has 0 spiro atoms. The molecule has 2 aromatic heterocycles. The van der Waals surface area contributed by atoms with Crippen LogP contribution in [-0.4, -0.2) is 25.2 Å². The van der Waals surface area contributed by atoms with Crippen LogP contribution < -0.4 is 10.5 Å². The van der Waals surface area contributed by atoms with Crippen LogP contribution in [0.15, 0.2) is 73.1 Å². The van der Waals surface area contributed by atoms with Crippen molar-refractivity contribution in [3.05, 3.63) is 78.6 Å². The lowest BCUT2D eigenvalue weighted by atomic mass is 9.60. The molecule has 0 radical (unpaired) electrons. The van der Waals surface area contributed by atoms with Crippen molar-refractivity contribution in [3.63, 3.8) is 0 Å². The minimum atomic E-state index is -0.570. The number of benzene rings is 2. The van der Waals surface area contributed by atoms with E-state index in [-0.39, 0.29) is 0 Å². The summed E-state index contributed by atoms with van der Waals surface area (Å²) in [5, 5.41) is 10.8. The lowest BCUT2D eigenvalue weighted by molar-refractivity contribution is -0.106. The molecule has 6 nitrogen and oxygen atoms in total. The summed E-state index contributed by atoms with van der Waals surface area (Å²) < 4.78 is 8.14. The molecule has 3 N–H and O–H groups in total. The van der Waals surface area contributed by atoms with Crippen LogP contribution in [0.5, 0.6) is 5.75 Å². The predicted molar refractivity (Wildman–Crippen MR) is 130 cm³/mol. The molecule has 4 aromatic rings. The van der Waals surface area contributed by atoms with E-state index in [4.69, 9.17) is 15.5 Å². The van der Waals surface area contributed by atoms with Gasteiger partial charge in [0.2, 0.25) is 0 Å². The average molecular weight is 451 g/mol. The predicted octanol–water partition coefficient (Wildman–Crippen LogP) is 4.72. The van der Waals surface area contributed by atoms with Crippen LogP contribution >= 0.6 is 0 Å². The Balaban J connectivity index is 1.30. The van der Waals surface area contributed by atoms with Crippen molar-refractivity contribution >= 4 is 0 Å². The van der Waals surface area contributed by atoms with Crippen LogP contribution in [0.4, 0.5) is 0 Å². The Hall–Kier alpha value is -3.48. The number of aromatic nitrogens is 3. The molecule has 2 saturated carbocycles. The molecule has 1 aliphatic heterocycles. The number of nitrogens with two attached hydrogens (primary N) is 1. The topological polar surface area (TPSA) is 86.2 Å². The minimum Gasteiger partial charge on any atom is -0.470 e. The molecule has 0 amide bonds. The monoisotopic (exact) mass is 450 g/mol. The largest absolute Gasteiger partial charge is 0.470 e. The number of rotatable bonds is 4. The van der Waals surface area contributed by atoms with Crippen LogP contribution in [0.25, 0.3) is 33.9 Å². The molecule has 0 bridgehead atoms. The van der Waals surface area contributed by atoms with E-state index in [1.54, 1.807) is 12.4 Å². The number of pyridine rings is 1. The molecule has 3 aliphatic rings. The normalized spacial score (nSPS) is 25.1. The third-order valence-corrected chi connectivity index (χ3v) is 7.70. The molecular formula is C28H26N4O2. The lowest BCUT2D eigenvalue weighted by Crippen LogP contribution is -2.60.